The molecule has 2 aliphatic rings. The van der Waals surface area contributed by atoms with E-state index in [0.29, 0.717) is 38.5 Å². The van der Waals surface area contributed by atoms with E-state index in [1.807, 2.05) is 31.2 Å². The zero-order chi connectivity index (χ0) is 18.5. The van der Waals surface area contributed by atoms with Crippen molar-refractivity contribution in [2.75, 3.05) is 13.1 Å². The van der Waals surface area contributed by atoms with Gasteiger partial charge in [-0.05, 0) is 62.1 Å². The number of carboxylic acids is 1. The first kappa shape index (κ1) is 18.7. The molecule has 0 radical (unpaired) electrons. The van der Waals surface area contributed by atoms with Gasteiger partial charge >= 0.3 is 5.97 Å². The van der Waals surface area contributed by atoms with Crippen molar-refractivity contribution in [2.45, 2.75) is 58.0 Å². The zero-order valence-electron chi connectivity index (χ0n) is 15.5. The number of piperidine rings is 1. The average Bonchev–Trinajstić information content (AvgIpc) is 3.12. The summed E-state index contributed by atoms with van der Waals surface area (Å²) in [6.45, 7) is 3.01. The Balaban J connectivity index is 1.53. The number of carbonyl (C=O) groups excluding carboxylic acids is 1. The van der Waals surface area contributed by atoms with E-state index < -0.39 is 11.9 Å². The zero-order valence-corrected chi connectivity index (χ0v) is 15.5. The lowest BCUT2D eigenvalue weighted by molar-refractivity contribution is -0.146. The van der Waals surface area contributed by atoms with Crippen LogP contribution in [0.15, 0.2) is 24.3 Å². The Hall–Kier alpha value is -2.04. The van der Waals surface area contributed by atoms with Crippen molar-refractivity contribution < 1.29 is 19.4 Å². The van der Waals surface area contributed by atoms with Crippen LogP contribution in [0.3, 0.4) is 0 Å². The third kappa shape index (κ3) is 4.99. The lowest BCUT2D eigenvalue weighted by atomic mass is 9.90. The van der Waals surface area contributed by atoms with Gasteiger partial charge < -0.3 is 14.7 Å². The van der Waals surface area contributed by atoms with Crippen LogP contribution in [0.4, 0.5) is 0 Å². The molecule has 1 heterocycles. The topological polar surface area (TPSA) is 66.8 Å². The van der Waals surface area contributed by atoms with Crippen molar-refractivity contribution in [3.63, 3.8) is 0 Å². The molecule has 2 unspecified atom stereocenters. The summed E-state index contributed by atoms with van der Waals surface area (Å²) in [4.78, 5) is 25.6. The second kappa shape index (κ2) is 8.56. The van der Waals surface area contributed by atoms with E-state index in [1.54, 1.807) is 4.90 Å². The second-order valence-electron chi connectivity index (χ2n) is 7.85. The number of benzene rings is 1. The van der Waals surface area contributed by atoms with Gasteiger partial charge in [0.15, 0.2) is 0 Å². The number of aliphatic carboxylic acids is 1. The smallest absolute Gasteiger partial charge is 0.308 e. The van der Waals surface area contributed by atoms with Gasteiger partial charge in [0.1, 0.15) is 5.75 Å². The van der Waals surface area contributed by atoms with E-state index in [4.69, 9.17) is 4.74 Å². The molecule has 2 atom stereocenters. The van der Waals surface area contributed by atoms with Crippen LogP contribution >= 0.6 is 0 Å². The summed E-state index contributed by atoms with van der Waals surface area (Å²) in [7, 11) is 0. The molecule has 1 saturated heterocycles. The number of hydrogen-bond acceptors (Lipinski definition) is 3. The van der Waals surface area contributed by atoms with Crippen LogP contribution in [-0.4, -0.2) is 41.1 Å². The Morgan fingerprint density at radius 1 is 1.23 bits per heavy atom. The molecule has 0 bridgehead atoms. The number of aryl methyl sites for hydroxylation is 1. The van der Waals surface area contributed by atoms with Crippen molar-refractivity contribution in [2.24, 2.45) is 11.8 Å². The predicted octanol–water partition coefficient (Wildman–Crippen LogP) is 3.51. The van der Waals surface area contributed by atoms with E-state index in [9.17, 15) is 14.7 Å². The monoisotopic (exact) mass is 359 g/mol. The van der Waals surface area contributed by atoms with Crippen LogP contribution in [0, 0.1) is 11.8 Å². The molecule has 142 valence electrons. The summed E-state index contributed by atoms with van der Waals surface area (Å²) in [5.74, 6) is -0.0711. The molecule has 1 saturated carbocycles. The van der Waals surface area contributed by atoms with E-state index in [-0.39, 0.29) is 11.8 Å². The van der Waals surface area contributed by atoms with Gasteiger partial charge in [0, 0.05) is 19.5 Å². The third-order valence-corrected chi connectivity index (χ3v) is 5.49. The van der Waals surface area contributed by atoms with Crippen LogP contribution in [0.2, 0.25) is 0 Å². The third-order valence-electron chi connectivity index (χ3n) is 5.49. The molecule has 1 aromatic carbocycles. The quantitative estimate of drug-likeness (QED) is 0.844. The number of likely N-dealkylation sites (tertiary alicyclic amines) is 1. The first-order valence-electron chi connectivity index (χ1n) is 9.77. The van der Waals surface area contributed by atoms with Crippen molar-refractivity contribution >= 4 is 11.9 Å². The molecule has 1 aliphatic carbocycles. The highest BCUT2D eigenvalue weighted by molar-refractivity contribution is 5.78. The van der Waals surface area contributed by atoms with E-state index in [2.05, 4.69) is 0 Å². The minimum Gasteiger partial charge on any atom is -0.490 e. The normalized spacial score (nSPS) is 23.8. The lowest BCUT2D eigenvalue weighted by Gasteiger charge is -2.34. The second-order valence-corrected chi connectivity index (χ2v) is 7.85. The molecule has 1 amide bonds. The van der Waals surface area contributed by atoms with Gasteiger partial charge in [-0.25, -0.2) is 0 Å². The number of carbonyl (C=O) groups is 2. The number of rotatable bonds is 6. The van der Waals surface area contributed by atoms with Gasteiger partial charge in [-0.1, -0.05) is 19.1 Å². The van der Waals surface area contributed by atoms with Gasteiger partial charge in [-0.15, -0.1) is 0 Å². The Kier molecular flexibility index (Phi) is 6.17. The Labute approximate surface area is 155 Å². The van der Waals surface area contributed by atoms with Crippen LogP contribution in [0.5, 0.6) is 5.75 Å². The summed E-state index contributed by atoms with van der Waals surface area (Å²) in [6.07, 6.45) is 6.78. The van der Waals surface area contributed by atoms with E-state index in [0.717, 1.165) is 24.2 Å². The average molecular weight is 359 g/mol. The lowest BCUT2D eigenvalue weighted by Crippen LogP contribution is -2.45. The number of amides is 1. The van der Waals surface area contributed by atoms with Crippen LogP contribution in [-0.2, 0) is 16.0 Å². The predicted molar refractivity (Wildman–Crippen MR) is 99.1 cm³/mol. The standard InChI is InChI=1S/C21H29NO4/c1-15-11-17(21(24)25)14-22(13-15)20(23)10-9-16-5-4-8-19(12-16)26-18-6-2-3-7-18/h4-5,8,12,15,17-18H,2-3,6-7,9-11,13-14H2,1H3,(H,24,25). The number of hydrogen-bond donors (Lipinski definition) is 1. The van der Waals surface area contributed by atoms with Crippen LogP contribution in [0.25, 0.3) is 0 Å². The van der Waals surface area contributed by atoms with E-state index in [1.165, 1.54) is 12.8 Å². The molecule has 3 rings (SSSR count). The highest BCUT2D eigenvalue weighted by Gasteiger charge is 2.31. The summed E-state index contributed by atoms with van der Waals surface area (Å²) in [5.41, 5.74) is 1.09. The van der Waals surface area contributed by atoms with Gasteiger partial charge in [0.05, 0.1) is 12.0 Å². The Morgan fingerprint density at radius 3 is 2.73 bits per heavy atom. The van der Waals surface area contributed by atoms with Crippen molar-refractivity contribution in [3.8, 4) is 5.75 Å². The highest BCUT2D eigenvalue weighted by Crippen LogP contribution is 2.25. The minimum atomic E-state index is -0.800. The minimum absolute atomic E-state index is 0.0462. The molecule has 1 aromatic rings. The van der Waals surface area contributed by atoms with Gasteiger partial charge in [0.2, 0.25) is 5.91 Å². The number of ether oxygens (including phenoxy) is 1. The van der Waals surface area contributed by atoms with Crippen molar-refractivity contribution in [1.82, 2.24) is 4.90 Å². The van der Waals surface area contributed by atoms with E-state index >= 15 is 0 Å². The molecule has 26 heavy (non-hydrogen) atoms. The van der Waals surface area contributed by atoms with Gasteiger partial charge in [-0.2, -0.15) is 0 Å². The van der Waals surface area contributed by atoms with Crippen molar-refractivity contribution in [3.05, 3.63) is 29.8 Å². The van der Waals surface area contributed by atoms with Crippen molar-refractivity contribution in [1.29, 1.82) is 0 Å². The summed E-state index contributed by atoms with van der Waals surface area (Å²) in [6, 6.07) is 8.01. The maximum Gasteiger partial charge on any atom is 0.308 e. The molecular weight excluding hydrogens is 330 g/mol. The molecule has 1 N–H and O–H groups in total. The molecule has 5 heteroatoms. The van der Waals surface area contributed by atoms with Crippen LogP contribution in [0.1, 0.15) is 51.0 Å². The fourth-order valence-electron chi connectivity index (χ4n) is 4.12. The molecule has 1 aliphatic heterocycles. The van der Waals surface area contributed by atoms with Gasteiger partial charge in [-0.3, -0.25) is 9.59 Å². The first-order valence-corrected chi connectivity index (χ1v) is 9.77. The summed E-state index contributed by atoms with van der Waals surface area (Å²) >= 11 is 0. The highest BCUT2D eigenvalue weighted by atomic mass is 16.5. The largest absolute Gasteiger partial charge is 0.490 e. The maximum atomic E-state index is 12.6. The number of nitrogens with zero attached hydrogens (tertiary/aromatic N) is 1. The fourth-order valence-corrected chi connectivity index (χ4v) is 4.12. The summed E-state index contributed by atoms with van der Waals surface area (Å²) < 4.78 is 6.03. The SMILES string of the molecule is CC1CC(C(=O)O)CN(C(=O)CCc2cccc(OC3CCCC3)c2)C1. The number of carboxylic acid groups (broad SMARTS) is 1. The first-order chi connectivity index (χ1) is 12.5. The summed E-state index contributed by atoms with van der Waals surface area (Å²) in [5, 5.41) is 9.26. The molecular formula is C21H29NO4. The Bertz CT molecular complexity index is 639. The molecule has 0 aromatic heterocycles. The Morgan fingerprint density at radius 2 is 2.00 bits per heavy atom. The molecule has 0 spiro atoms. The van der Waals surface area contributed by atoms with Gasteiger partial charge in [0.25, 0.3) is 0 Å². The molecule has 2 fully saturated rings. The molecule has 5 nitrogen and oxygen atoms in total. The maximum absolute atomic E-state index is 12.6. The fraction of sp³-hybridized carbons (Fsp3) is 0.619. The van der Waals surface area contributed by atoms with Crippen LogP contribution < -0.4 is 4.74 Å².